The molecule has 5 atom stereocenters. The highest BCUT2D eigenvalue weighted by Crippen LogP contribution is 2.22. The van der Waals surface area contributed by atoms with Crippen molar-refractivity contribution in [2.24, 2.45) is 11.5 Å². The molecule has 1 fully saturated rings. The minimum Gasteiger partial charge on any atom is -0.394 e. The molecule has 1 aliphatic heterocycles. The Kier molecular flexibility index (Phi) is 9.11. The summed E-state index contributed by atoms with van der Waals surface area (Å²) < 4.78 is 10.6. The van der Waals surface area contributed by atoms with E-state index in [2.05, 4.69) is 5.32 Å². The summed E-state index contributed by atoms with van der Waals surface area (Å²) in [5.41, 5.74) is 10.6. The van der Waals surface area contributed by atoms with Crippen LogP contribution in [-0.2, 0) is 19.1 Å². The van der Waals surface area contributed by atoms with Crippen LogP contribution in [0.2, 0.25) is 0 Å². The van der Waals surface area contributed by atoms with Crippen LogP contribution in [0.25, 0.3) is 0 Å². The SMILES string of the molecule is NCCCCNC(=O)C[C@H](O[C@@H]1C[C@@H](O)[C@@H](O)[C@@H](CO)O1)C(N)=O. The second kappa shape index (κ2) is 10.5. The van der Waals surface area contributed by atoms with E-state index in [1.54, 1.807) is 0 Å². The summed E-state index contributed by atoms with van der Waals surface area (Å²) in [7, 11) is 0. The molecule has 0 unspecified atom stereocenters. The zero-order valence-electron chi connectivity index (χ0n) is 13.5. The number of hydrogen-bond donors (Lipinski definition) is 6. The van der Waals surface area contributed by atoms with Crippen LogP contribution in [0.1, 0.15) is 25.7 Å². The van der Waals surface area contributed by atoms with Gasteiger partial charge in [0.25, 0.3) is 0 Å². The Morgan fingerprint density at radius 2 is 2.04 bits per heavy atom. The molecule has 0 aliphatic carbocycles. The third kappa shape index (κ3) is 6.67. The fraction of sp³-hybridized carbons (Fsp3) is 0.857. The average molecular weight is 349 g/mol. The minimum atomic E-state index is -1.26. The van der Waals surface area contributed by atoms with Gasteiger partial charge < -0.3 is 41.6 Å². The van der Waals surface area contributed by atoms with E-state index in [1.165, 1.54) is 0 Å². The number of aliphatic hydroxyl groups is 3. The molecule has 1 rings (SSSR count). The third-order valence-electron chi connectivity index (χ3n) is 3.67. The number of nitrogens with one attached hydrogen (secondary N) is 1. The first-order valence-corrected chi connectivity index (χ1v) is 7.93. The summed E-state index contributed by atoms with van der Waals surface area (Å²) in [5.74, 6) is -1.26. The fourth-order valence-electron chi connectivity index (χ4n) is 2.29. The molecule has 0 saturated carbocycles. The van der Waals surface area contributed by atoms with Gasteiger partial charge in [0.05, 0.1) is 19.1 Å². The summed E-state index contributed by atoms with van der Waals surface area (Å²) in [6.07, 6.45) is -4.70. The number of ether oxygens (including phenoxy) is 2. The maximum absolute atomic E-state index is 11.8. The molecule has 8 N–H and O–H groups in total. The van der Waals surface area contributed by atoms with Gasteiger partial charge in [-0.1, -0.05) is 0 Å². The highest BCUT2D eigenvalue weighted by Gasteiger charge is 2.38. The maximum atomic E-state index is 11.8. The molecule has 0 bridgehead atoms. The largest absolute Gasteiger partial charge is 0.394 e. The first-order valence-electron chi connectivity index (χ1n) is 7.93. The van der Waals surface area contributed by atoms with E-state index in [0.29, 0.717) is 13.1 Å². The number of carbonyl (C=O) groups is 2. The van der Waals surface area contributed by atoms with Crippen LogP contribution < -0.4 is 16.8 Å². The van der Waals surface area contributed by atoms with Crippen molar-refractivity contribution in [3.63, 3.8) is 0 Å². The lowest BCUT2D eigenvalue weighted by Gasteiger charge is -2.37. The van der Waals surface area contributed by atoms with E-state index < -0.39 is 49.1 Å². The van der Waals surface area contributed by atoms with Gasteiger partial charge in [-0.25, -0.2) is 0 Å². The number of nitrogens with two attached hydrogens (primary N) is 2. The van der Waals surface area contributed by atoms with E-state index in [9.17, 15) is 19.8 Å². The number of rotatable bonds is 10. The highest BCUT2D eigenvalue weighted by atomic mass is 16.7. The van der Waals surface area contributed by atoms with Gasteiger partial charge in [-0.15, -0.1) is 0 Å². The van der Waals surface area contributed by atoms with E-state index in [-0.39, 0.29) is 12.8 Å². The summed E-state index contributed by atoms with van der Waals surface area (Å²) >= 11 is 0. The molecule has 1 aliphatic rings. The van der Waals surface area contributed by atoms with Crippen LogP contribution in [-0.4, -0.2) is 77.5 Å². The van der Waals surface area contributed by atoms with E-state index >= 15 is 0 Å². The molecule has 1 saturated heterocycles. The standard InChI is InChI=1S/C14H27N3O7/c15-3-1-2-4-17-11(20)6-9(14(16)22)23-12-5-8(19)13(21)10(7-18)24-12/h8-10,12-13,18-19,21H,1-7,15H2,(H2,16,22)(H,17,20)/t8-,9+,10-,12+,13-/m1/s1. The van der Waals surface area contributed by atoms with Crippen molar-refractivity contribution in [3.8, 4) is 0 Å². The molecule has 24 heavy (non-hydrogen) atoms. The number of aliphatic hydroxyl groups excluding tert-OH is 3. The van der Waals surface area contributed by atoms with Gasteiger partial charge in [0.1, 0.15) is 18.3 Å². The molecule has 2 amide bonds. The van der Waals surface area contributed by atoms with Crippen molar-refractivity contribution in [2.75, 3.05) is 19.7 Å². The zero-order valence-corrected chi connectivity index (χ0v) is 13.5. The second-order valence-corrected chi connectivity index (χ2v) is 5.66. The first-order chi connectivity index (χ1) is 11.4. The van der Waals surface area contributed by atoms with E-state index in [4.69, 9.17) is 26.0 Å². The van der Waals surface area contributed by atoms with Crippen molar-refractivity contribution in [3.05, 3.63) is 0 Å². The number of unbranched alkanes of at least 4 members (excludes halogenated alkanes) is 1. The lowest BCUT2D eigenvalue weighted by atomic mass is 10.0. The van der Waals surface area contributed by atoms with Gasteiger partial charge in [-0.2, -0.15) is 0 Å². The van der Waals surface area contributed by atoms with E-state index in [0.717, 1.165) is 12.8 Å². The average Bonchev–Trinajstić information content (AvgIpc) is 2.54. The highest BCUT2D eigenvalue weighted by molar-refractivity contribution is 5.86. The van der Waals surface area contributed by atoms with Crippen molar-refractivity contribution >= 4 is 11.8 Å². The fourth-order valence-corrected chi connectivity index (χ4v) is 2.29. The lowest BCUT2D eigenvalue weighted by Crippen LogP contribution is -2.52. The zero-order chi connectivity index (χ0) is 18.1. The molecule has 0 radical (unpaired) electrons. The minimum absolute atomic E-state index is 0.112. The van der Waals surface area contributed by atoms with Crippen molar-refractivity contribution < 1.29 is 34.4 Å². The lowest BCUT2D eigenvalue weighted by molar-refractivity contribution is -0.266. The van der Waals surface area contributed by atoms with Crippen molar-refractivity contribution in [1.29, 1.82) is 0 Å². The molecule has 140 valence electrons. The molecule has 0 spiro atoms. The van der Waals surface area contributed by atoms with Crippen molar-refractivity contribution in [2.45, 2.75) is 56.4 Å². The Hall–Kier alpha value is -1.30. The quantitative estimate of drug-likeness (QED) is 0.225. The van der Waals surface area contributed by atoms with Gasteiger partial charge in [0.2, 0.25) is 11.8 Å². The molecule has 0 aromatic rings. The van der Waals surface area contributed by atoms with Gasteiger partial charge in [0, 0.05) is 13.0 Å². The van der Waals surface area contributed by atoms with Gasteiger partial charge >= 0.3 is 0 Å². The Bertz CT molecular complexity index is 410. The van der Waals surface area contributed by atoms with Crippen LogP contribution in [0.15, 0.2) is 0 Å². The summed E-state index contributed by atoms with van der Waals surface area (Å²) in [6.45, 7) is 0.433. The summed E-state index contributed by atoms with van der Waals surface area (Å²) in [6, 6.07) is 0. The number of hydrogen-bond acceptors (Lipinski definition) is 8. The van der Waals surface area contributed by atoms with Crippen LogP contribution in [0.5, 0.6) is 0 Å². The molecular formula is C14H27N3O7. The van der Waals surface area contributed by atoms with Gasteiger partial charge in [0.15, 0.2) is 6.29 Å². The summed E-state index contributed by atoms with van der Waals surface area (Å²) in [4.78, 5) is 23.3. The van der Waals surface area contributed by atoms with Gasteiger partial charge in [-0.05, 0) is 19.4 Å². The van der Waals surface area contributed by atoms with Crippen molar-refractivity contribution in [1.82, 2.24) is 5.32 Å². The number of carbonyl (C=O) groups excluding carboxylic acids is 2. The number of primary amides is 1. The van der Waals surface area contributed by atoms with E-state index in [1.807, 2.05) is 0 Å². The predicted octanol–water partition coefficient (Wildman–Crippen LogP) is -3.07. The van der Waals surface area contributed by atoms with Crippen LogP contribution in [0, 0.1) is 0 Å². The molecule has 1 heterocycles. The number of amides is 2. The first kappa shape index (κ1) is 20.7. The Labute approximate surface area is 140 Å². The second-order valence-electron chi connectivity index (χ2n) is 5.66. The van der Waals surface area contributed by atoms with Crippen LogP contribution in [0.3, 0.4) is 0 Å². The Balaban J connectivity index is 2.50. The molecule has 0 aromatic heterocycles. The molecule has 10 nitrogen and oxygen atoms in total. The Morgan fingerprint density at radius 3 is 2.62 bits per heavy atom. The monoisotopic (exact) mass is 349 g/mol. The van der Waals surface area contributed by atoms with Gasteiger partial charge in [-0.3, -0.25) is 9.59 Å². The summed E-state index contributed by atoms with van der Waals surface area (Å²) in [5, 5.41) is 31.1. The maximum Gasteiger partial charge on any atom is 0.247 e. The smallest absolute Gasteiger partial charge is 0.247 e. The molecule has 0 aromatic carbocycles. The third-order valence-corrected chi connectivity index (χ3v) is 3.67. The molecule has 10 heteroatoms. The van der Waals surface area contributed by atoms with Crippen LogP contribution in [0.4, 0.5) is 0 Å². The normalized spacial score (nSPS) is 28.3. The Morgan fingerprint density at radius 1 is 1.33 bits per heavy atom. The molecular weight excluding hydrogens is 322 g/mol. The topological polar surface area (TPSA) is 177 Å². The predicted molar refractivity (Wildman–Crippen MR) is 82.4 cm³/mol. The van der Waals surface area contributed by atoms with Crippen LogP contribution >= 0.6 is 0 Å².